The van der Waals surface area contributed by atoms with E-state index in [0.29, 0.717) is 11.7 Å². The molecule has 1 aliphatic rings. The van der Waals surface area contributed by atoms with Crippen molar-refractivity contribution in [2.24, 2.45) is 0 Å². The molecule has 1 saturated carbocycles. The normalized spacial score (nSPS) is 14.7. The zero-order valence-corrected chi connectivity index (χ0v) is 10.3. The van der Waals surface area contributed by atoms with Gasteiger partial charge < -0.3 is 14.0 Å². The van der Waals surface area contributed by atoms with Gasteiger partial charge in [0, 0.05) is 31.0 Å². The molecule has 0 spiro atoms. The van der Waals surface area contributed by atoms with Crippen molar-refractivity contribution in [2.45, 2.75) is 18.8 Å². The molecule has 0 N–H and O–H groups in total. The maximum absolute atomic E-state index is 5.30. The first-order valence-corrected chi connectivity index (χ1v) is 6.04. The summed E-state index contributed by atoms with van der Waals surface area (Å²) in [6.07, 6.45) is 6.49. The maximum atomic E-state index is 5.30. The molecule has 1 aromatic carbocycles. The molecular formula is C14H15N2O2. The van der Waals surface area contributed by atoms with Crippen LogP contribution in [0.4, 0.5) is 0 Å². The predicted molar refractivity (Wildman–Crippen MR) is 66.9 cm³/mol. The second-order valence-corrected chi connectivity index (χ2v) is 4.44. The molecule has 1 radical (unpaired) electrons. The number of benzene rings is 1. The Morgan fingerprint density at radius 2 is 2.33 bits per heavy atom. The minimum absolute atomic E-state index is 0.243. The monoisotopic (exact) mass is 243 g/mol. The van der Waals surface area contributed by atoms with E-state index in [1.165, 1.54) is 18.5 Å². The highest BCUT2D eigenvalue weighted by atomic mass is 16.7. The first-order chi connectivity index (χ1) is 8.86. The van der Waals surface area contributed by atoms with Crippen LogP contribution in [-0.4, -0.2) is 23.5 Å². The lowest BCUT2D eigenvalue weighted by atomic mass is 10.3. The Morgan fingerprint density at radius 1 is 1.44 bits per heavy atom. The summed E-state index contributed by atoms with van der Waals surface area (Å²) in [6, 6.07) is 8.83. The van der Waals surface area contributed by atoms with E-state index in [4.69, 9.17) is 9.47 Å². The number of rotatable bonds is 5. The highest BCUT2D eigenvalue weighted by Crippen LogP contribution is 2.39. The fraction of sp³-hybridized carbons (Fsp3) is 0.357. The zero-order valence-electron chi connectivity index (χ0n) is 10.3. The number of aromatic nitrogens is 2. The molecule has 0 atom stereocenters. The summed E-state index contributed by atoms with van der Waals surface area (Å²) in [4.78, 5) is 4.42. The van der Waals surface area contributed by atoms with Gasteiger partial charge in [-0.15, -0.1) is 0 Å². The van der Waals surface area contributed by atoms with Crippen LogP contribution in [-0.2, 0) is 4.74 Å². The van der Waals surface area contributed by atoms with Gasteiger partial charge in [0.15, 0.2) is 6.79 Å². The number of imidazole rings is 1. The fourth-order valence-corrected chi connectivity index (χ4v) is 1.84. The molecule has 93 valence electrons. The molecule has 0 saturated heterocycles. The van der Waals surface area contributed by atoms with Gasteiger partial charge in [0.25, 0.3) is 0 Å². The molecule has 3 rings (SSSR count). The molecule has 1 heterocycles. The molecule has 4 nitrogen and oxygen atoms in total. The van der Waals surface area contributed by atoms with E-state index in [1.54, 1.807) is 7.11 Å². The van der Waals surface area contributed by atoms with Crippen molar-refractivity contribution in [1.29, 1.82) is 0 Å². The Morgan fingerprint density at radius 3 is 3.00 bits per heavy atom. The molecule has 0 unspecified atom stereocenters. The number of hydrogen-bond donors (Lipinski definition) is 0. The number of methoxy groups -OCH3 is 1. The van der Waals surface area contributed by atoms with Gasteiger partial charge >= 0.3 is 0 Å². The maximum Gasteiger partial charge on any atom is 0.188 e. The second kappa shape index (κ2) is 4.82. The molecule has 0 aliphatic heterocycles. The lowest BCUT2D eigenvalue weighted by molar-refractivity contribution is 0.0509. The average molecular weight is 243 g/mol. The lowest BCUT2D eigenvalue weighted by Gasteiger charge is -2.05. The van der Waals surface area contributed by atoms with Crippen molar-refractivity contribution in [3.63, 3.8) is 0 Å². The quantitative estimate of drug-likeness (QED) is 0.757. The second-order valence-electron chi connectivity index (χ2n) is 4.44. The van der Waals surface area contributed by atoms with Gasteiger partial charge in [-0.25, -0.2) is 4.98 Å². The van der Waals surface area contributed by atoms with Crippen LogP contribution >= 0.6 is 0 Å². The third kappa shape index (κ3) is 2.38. The van der Waals surface area contributed by atoms with E-state index < -0.39 is 0 Å². The molecule has 4 heteroatoms. The number of hydrogen-bond acceptors (Lipinski definition) is 3. The van der Waals surface area contributed by atoms with Gasteiger partial charge in [0.05, 0.1) is 12.0 Å². The molecule has 2 aromatic rings. The summed E-state index contributed by atoms with van der Waals surface area (Å²) in [5.41, 5.74) is 2.23. The standard InChI is InChI=1S/C14H15N2O2/c1-17-10-18-13-6-4-12(5-7-13)16-8-14(15-9-16)11-2-3-11/h4-6,8-9,11H,2-3,10H2,1H3. The fourth-order valence-electron chi connectivity index (χ4n) is 1.84. The summed E-state index contributed by atoms with van der Waals surface area (Å²) >= 11 is 0. The molecule has 0 amide bonds. The van der Waals surface area contributed by atoms with Crippen molar-refractivity contribution < 1.29 is 9.47 Å². The van der Waals surface area contributed by atoms with E-state index >= 15 is 0 Å². The SMILES string of the molecule is COCOc1[c]cc(-n2cnc(C3CC3)c2)cc1. The molecule has 1 fully saturated rings. The van der Waals surface area contributed by atoms with Crippen molar-refractivity contribution in [2.75, 3.05) is 13.9 Å². The lowest BCUT2D eigenvalue weighted by Crippen LogP contribution is -1.99. The third-order valence-electron chi connectivity index (χ3n) is 3.00. The molecule has 1 aromatic heterocycles. The Kier molecular flexibility index (Phi) is 3.02. The molecule has 0 bridgehead atoms. The van der Waals surface area contributed by atoms with Gasteiger partial charge in [0.1, 0.15) is 5.75 Å². The van der Waals surface area contributed by atoms with Crippen LogP contribution < -0.4 is 4.74 Å². The number of ether oxygens (including phenoxy) is 2. The summed E-state index contributed by atoms with van der Waals surface area (Å²) < 4.78 is 12.2. The Labute approximate surface area is 106 Å². The van der Waals surface area contributed by atoms with E-state index in [1.807, 2.05) is 29.1 Å². The van der Waals surface area contributed by atoms with E-state index in [9.17, 15) is 0 Å². The van der Waals surface area contributed by atoms with Gasteiger partial charge in [-0.2, -0.15) is 0 Å². The molecule has 1 aliphatic carbocycles. The number of nitrogens with zero attached hydrogens (tertiary/aromatic N) is 2. The first kappa shape index (κ1) is 11.3. The van der Waals surface area contributed by atoms with E-state index in [-0.39, 0.29) is 6.79 Å². The van der Waals surface area contributed by atoms with Crippen LogP contribution in [0.2, 0.25) is 0 Å². The minimum Gasteiger partial charge on any atom is -0.467 e. The minimum atomic E-state index is 0.243. The average Bonchev–Trinajstić information content (AvgIpc) is 3.15. The van der Waals surface area contributed by atoms with Crippen LogP contribution in [0.15, 0.2) is 30.7 Å². The largest absolute Gasteiger partial charge is 0.467 e. The van der Waals surface area contributed by atoms with E-state index in [2.05, 4.69) is 17.2 Å². The van der Waals surface area contributed by atoms with Crippen LogP contribution in [0.25, 0.3) is 5.69 Å². The van der Waals surface area contributed by atoms with E-state index in [0.717, 1.165) is 5.69 Å². The third-order valence-corrected chi connectivity index (χ3v) is 3.00. The Bertz CT molecular complexity index is 515. The van der Waals surface area contributed by atoms with Crippen molar-refractivity contribution >= 4 is 0 Å². The highest BCUT2D eigenvalue weighted by molar-refractivity contribution is 5.37. The Balaban J connectivity index is 1.74. The van der Waals surface area contributed by atoms with Gasteiger partial charge in [-0.05, 0) is 31.0 Å². The van der Waals surface area contributed by atoms with Gasteiger partial charge in [-0.3, -0.25) is 0 Å². The summed E-state index contributed by atoms with van der Waals surface area (Å²) in [7, 11) is 1.60. The van der Waals surface area contributed by atoms with Crippen molar-refractivity contribution in [3.05, 3.63) is 42.5 Å². The van der Waals surface area contributed by atoms with Gasteiger partial charge in [0.2, 0.25) is 0 Å². The van der Waals surface area contributed by atoms with Crippen molar-refractivity contribution in [1.82, 2.24) is 9.55 Å². The van der Waals surface area contributed by atoms with Crippen LogP contribution in [0.3, 0.4) is 0 Å². The van der Waals surface area contributed by atoms with Crippen LogP contribution in [0.1, 0.15) is 24.5 Å². The van der Waals surface area contributed by atoms with Crippen LogP contribution in [0.5, 0.6) is 5.75 Å². The molecular weight excluding hydrogens is 228 g/mol. The highest BCUT2D eigenvalue weighted by Gasteiger charge is 2.25. The Hall–Kier alpha value is -1.81. The van der Waals surface area contributed by atoms with Crippen LogP contribution in [0, 0.1) is 6.07 Å². The summed E-state index contributed by atoms with van der Waals surface area (Å²) in [6.45, 7) is 0.243. The van der Waals surface area contributed by atoms with Gasteiger partial charge in [-0.1, -0.05) is 0 Å². The zero-order chi connectivity index (χ0) is 12.4. The summed E-state index contributed by atoms with van der Waals surface area (Å²) in [5, 5.41) is 0. The summed E-state index contributed by atoms with van der Waals surface area (Å²) in [5.74, 6) is 1.36. The predicted octanol–water partition coefficient (Wildman–Crippen LogP) is 2.53. The molecule has 18 heavy (non-hydrogen) atoms. The first-order valence-electron chi connectivity index (χ1n) is 6.04. The smallest absolute Gasteiger partial charge is 0.188 e. The van der Waals surface area contributed by atoms with Crippen molar-refractivity contribution in [3.8, 4) is 11.4 Å². The topological polar surface area (TPSA) is 36.3 Å².